The number of carbonyl (C=O) groups is 1. The molecule has 0 bridgehead atoms. The molecular formula is C22H21F3N6O3. The SMILES string of the molecule is COc1ccc(-c2c(C(N)=O)cn3cc(Cn4cc(C(CCO)C(F)(F)F)nn4)ccc23)cn1. The van der Waals surface area contributed by atoms with Crippen LogP contribution in [0.3, 0.4) is 0 Å². The van der Waals surface area contributed by atoms with Crippen LogP contribution in [-0.2, 0) is 6.54 Å². The number of carbonyl (C=O) groups excluding carboxylic acids is 1. The average Bonchev–Trinajstić information content (AvgIpc) is 3.41. The standard InChI is InChI=1S/C22H21F3N6O3/c1-34-19-5-3-14(8-27-19)20-15(21(26)33)11-30-9-13(2-4-18(20)30)10-31-12-17(28-29-31)16(6-7-32)22(23,24)25/h2-5,8-9,11-12,16,32H,6-7,10H2,1H3,(H2,26,33). The van der Waals surface area contributed by atoms with Gasteiger partial charge in [0, 0.05) is 48.6 Å². The number of aromatic nitrogens is 5. The van der Waals surface area contributed by atoms with E-state index < -0.39 is 31.0 Å². The van der Waals surface area contributed by atoms with Crippen LogP contribution in [0.5, 0.6) is 5.88 Å². The largest absolute Gasteiger partial charge is 0.481 e. The van der Waals surface area contributed by atoms with E-state index in [-0.39, 0.29) is 12.2 Å². The van der Waals surface area contributed by atoms with Crippen molar-refractivity contribution in [2.45, 2.75) is 25.1 Å². The molecule has 9 nitrogen and oxygen atoms in total. The molecule has 1 unspecified atom stereocenters. The van der Waals surface area contributed by atoms with Crippen molar-refractivity contribution in [3.63, 3.8) is 0 Å². The number of aliphatic hydroxyl groups is 1. The zero-order valence-electron chi connectivity index (χ0n) is 18.0. The highest BCUT2D eigenvalue weighted by Crippen LogP contribution is 2.36. The molecular weight excluding hydrogens is 453 g/mol. The van der Waals surface area contributed by atoms with E-state index in [0.29, 0.717) is 33.7 Å². The first kappa shape index (κ1) is 23.2. The van der Waals surface area contributed by atoms with Gasteiger partial charge >= 0.3 is 6.18 Å². The summed E-state index contributed by atoms with van der Waals surface area (Å²) in [6.45, 7) is -0.467. The van der Waals surface area contributed by atoms with E-state index in [2.05, 4.69) is 15.3 Å². The van der Waals surface area contributed by atoms with Gasteiger partial charge in [0.1, 0.15) is 5.92 Å². The second-order valence-corrected chi connectivity index (χ2v) is 7.65. The van der Waals surface area contributed by atoms with E-state index in [1.165, 1.54) is 18.0 Å². The predicted octanol–water partition coefficient (Wildman–Crippen LogP) is 2.78. The van der Waals surface area contributed by atoms with Crippen molar-refractivity contribution in [3.05, 3.63) is 65.9 Å². The number of ether oxygens (including phenoxy) is 1. The van der Waals surface area contributed by atoms with Gasteiger partial charge in [0.25, 0.3) is 5.91 Å². The van der Waals surface area contributed by atoms with Gasteiger partial charge in [-0.05, 0) is 24.1 Å². The maximum atomic E-state index is 13.3. The Morgan fingerprint density at radius 2 is 2.00 bits per heavy atom. The van der Waals surface area contributed by atoms with Crippen LogP contribution < -0.4 is 10.5 Å². The number of primary amides is 1. The van der Waals surface area contributed by atoms with E-state index >= 15 is 0 Å². The van der Waals surface area contributed by atoms with Gasteiger partial charge in [-0.1, -0.05) is 11.3 Å². The second kappa shape index (κ2) is 9.14. The van der Waals surface area contributed by atoms with Gasteiger partial charge in [-0.25, -0.2) is 9.67 Å². The fourth-order valence-electron chi connectivity index (χ4n) is 3.80. The number of aliphatic hydroxyl groups excluding tert-OH is 1. The highest BCUT2D eigenvalue weighted by atomic mass is 19.4. The Bertz CT molecular complexity index is 1310. The molecule has 0 saturated heterocycles. The number of fused-ring (bicyclic) bond motifs is 1. The van der Waals surface area contributed by atoms with E-state index in [9.17, 15) is 18.0 Å². The summed E-state index contributed by atoms with van der Waals surface area (Å²) in [7, 11) is 1.50. The van der Waals surface area contributed by atoms with Crippen LogP contribution in [0.2, 0.25) is 0 Å². The van der Waals surface area contributed by atoms with Gasteiger partial charge in [0.15, 0.2) is 0 Å². The van der Waals surface area contributed by atoms with Gasteiger partial charge in [-0.2, -0.15) is 13.2 Å². The number of pyridine rings is 2. The summed E-state index contributed by atoms with van der Waals surface area (Å²) in [6.07, 6.45) is 1.10. The Hall–Kier alpha value is -3.93. The number of hydrogen-bond acceptors (Lipinski definition) is 6. The summed E-state index contributed by atoms with van der Waals surface area (Å²) in [5.41, 5.74) is 8.32. The van der Waals surface area contributed by atoms with Crippen molar-refractivity contribution in [3.8, 4) is 17.0 Å². The summed E-state index contributed by atoms with van der Waals surface area (Å²) in [6, 6.07) is 6.99. The maximum Gasteiger partial charge on any atom is 0.397 e. The molecule has 4 heterocycles. The van der Waals surface area contributed by atoms with E-state index in [1.54, 1.807) is 47.3 Å². The van der Waals surface area contributed by atoms with Crippen molar-refractivity contribution < 1.29 is 27.8 Å². The molecule has 0 aliphatic heterocycles. The van der Waals surface area contributed by atoms with Crippen LogP contribution in [0.4, 0.5) is 13.2 Å². The number of methoxy groups -OCH3 is 1. The van der Waals surface area contributed by atoms with Crippen LogP contribution in [0, 0.1) is 0 Å². The third-order valence-electron chi connectivity index (χ3n) is 5.40. The van der Waals surface area contributed by atoms with Gasteiger partial charge in [-0.15, -0.1) is 5.10 Å². The normalized spacial score (nSPS) is 12.7. The first-order chi connectivity index (χ1) is 16.2. The minimum Gasteiger partial charge on any atom is -0.481 e. The van der Waals surface area contributed by atoms with Crippen molar-refractivity contribution in [2.24, 2.45) is 5.73 Å². The van der Waals surface area contributed by atoms with Crippen LogP contribution in [-0.4, -0.2) is 55.3 Å². The Morgan fingerprint density at radius 3 is 2.62 bits per heavy atom. The van der Waals surface area contributed by atoms with Crippen LogP contribution in [0.15, 0.2) is 49.1 Å². The molecule has 1 amide bonds. The average molecular weight is 474 g/mol. The van der Waals surface area contributed by atoms with Gasteiger partial charge in [-0.3, -0.25) is 4.79 Å². The summed E-state index contributed by atoms with van der Waals surface area (Å²) in [5.74, 6) is -2.08. The summed E-state index contributed by atoms with van der Waals surface area (Å²) >= 11 is 0. The fraction of sp³-hybridized carbons (Fsp3) is 0.273. The molecule has 4 aromatic heterocycles. The topological polar surface area (TPSA) is 121 Å². The van der Waals surface area contributed by atoms with Crippen molar-refractivity contribution in [2.75, 3.05) is 13.7 Å². The molecule has 4 rings (SSSR count). The number of nitrogens with two attached hydrogens (primary N) is 1. The summed E-state index contributed by atoms with van der Waals surface area (Å²) in [5, 5.41) is 16.4. The van der Waals surface area contributed by atoms with E-state index in [1.807, 2.05) is 0 Å². The van der Waals surface area contributed by atoms with Crippen LogP contribution >= 0.6 is 0 Å². The molecule has 0 saturated carbocycles. The smallest absolute Gasteiger partial charge is 0.397 e. The lowest BCUT2D eigenvalue weighted by Gasteiger charge is -2.16. The number of nitrogens with zero attached hydrogens (tertiary/aromatic N) is 5. The van der Waals surface area contributed by atoms with Gasteiger partial charge < -0.3 is 20.0 Å². The maximum absolute atomic E-state index is 13.3. The Balaban J connectivity index is 1.66. The third kappa shape index (κ3) is 4.57. The zero-order chi connectivity index (χ0) is 24.5. The molecule has 0 spiro atoms. The first-order valence-corrected chi connectivity index (χ1v) is 10.2. The van der Waals surface area contributed by atoms with Crippen molar-refractivity contribution in [1.29, 1.82) is 0 Å². The van der Waals surface area contributed by atoms with E-state index in [4.69, 9.17) is 15.6 Å². The predicted molar refractivity (Wildman–Crippen MR) is 115 cm³/mol. The minimum absolute atomic E-state index is 0.149. The highest BCUT2D eigenvalue weighted by Gasteiger charge is 2.42. The van der Waals surface area contributed by atoms with Crippen LogP contribution in [0.1, 0.15) is 34.0 Å². The third-order valence-corrected chi connectivity index (χ3v) is 5.40. The summed E-state index contributed by atoms with van der Waals surface area (Å²) < 4.78 is 47.8. The van der Waals surface area contributed by atoms with Crippen molar-refractivity contribution >= 4 is 11.4 Å². The van der Waals surface area contributed by atoms with Crippen molar-refractivity contribution in [1.82, 2.24) is 24.4 Å². The molecule has 178 valence electrons. The molecule has 1 atom stereocenters. The lowest BCUT2D eigenvalue weighted by atomic mass is 10.0. The quantitative estimate of drug-likeness (QED) is 0.405. The fourth-order valence-corrected chi connectivity index (χ4v) is 3.80. The van der Waals surface area contributed by atoms with Gasteiger partial charge in [0.05, 0.1) is 30.4 Å². The molecule has 34 heavy (non-hydrogen) atoms. The molecule has 0 aliphatic carbocycles. The molecule has 0 fully saturated rings. The van der Waals surface area contributed by atoms with E-state index in [0.717, 1.165) is 0 Å². The highest BCUT2D eigenvalue weighted by molar-refractivity contribution is 6.04. The number of amides is 1. The number of halogens is 3. The molecule has 4 aromatic rings. The monoisotopic (exact) mass is 474 g/mol. The number of hydrogen-bond donors (Lipinski definition) is 2. The first-order valence-electron chi connectivity index (χ1n) is 10.2. The van der Waals surface area contributed by atoms with Gasteiger partial charge in [0.2, 0.25) is 5.88 Å². The lowest BCUT2D eigenvalue weighted by Crippen LogP contribution is -2.22. The number of alkyl halides is 3. The van der Waals surface area contributed by atoms with Crippen LogP contribution in [0.25, 0.3) is 16.6 Å². The molecule has 12 heteroatoms. The Morgan fingerprint density at radius 1 is 1.21 bits per heavy atom. The molecule has 0 aromatic carbocycles. The Labute approximate surface area is 191 Å². The number of rotatable bonds is 8. The Kier molecular flexibility index (Phi) is 6.24. The minimum atomic E-state index is -4.54. The molecule has 0 radical (unpaired) electrons. The molecule has 0 aliphatic rings. The lowest BCUT2D eigenvalue weighted by molar-refractivity contribution is -0.154. The summed E-state index contributed by atoms with van der Waals surface area (Å²) in [4.78, 5) is 16.3. The zero-order valence-corrected chi connectivity index (χ0v) is 18.0. The second-order valence-electron chi connectivity index (χ2n) is 7.65. The molecule has 3 N–H and O–H groups in total.